The summed E-state index contributed by atoms with van der Waals surface area (Å²) >= 11 is 0. The van der Waals surface area contributed by atoms with Crippen LogP contribution in [0.5, 0.6) is 0 Å². The van der Waals surface area contributed by atoms with Crippen molar-refractivity contribution in [3.8, 4) is 0 Å². The summed E-state index contributed by atoms with van der Waals surface area (Å²) in [7, 11) is 1.88. The standard InChI is InChI=1S/C17H26N2O/c1-18-12-11-17(20)19-16-10-6-5-9-15(16)13-14-7-3-2-4-8-14/h2-4,7-8,15-16,18H,5-6,9-13H2,1H3,(H,19,20). The van der Waals surface area contributed by atoms with E-state index in [1.165, 1.54) is 24.8 Å². The first-order valence-electron chi connectivity index (χ1n) is 7.77. The quantitative estimate of drug-likeness (QED) is 0.837. The summed E-state index contributed by atoms with van der Waals surface area (Å²) in [5, 5.41) is 6.27. The number of hydrogen-bond donors (Lipinski definition) is 2. The second-order valence-corrected chi connectivity index (χ2v) is 5.76. The van der Waals surface area contributed by atoms with Crippen LogP contribution < -0.4 is 10.6 Å². The smallest absolute Gasteiger partial charge is 0.221 e. The Morgan fingerprint density at radius 1 is 1.20 bits per heavy atom. The number of rotatable bonds is 6. The zero-order valence-electron chi connectivity index (χ0n) is 12.4. The number of amides is 1. The molecule has 0 bridgehead atoms. The van der Waals surface area contributed by atoms with E-state index >= 15 is 0 Å². The molecule has 2 atom stereocenters. The maximum absolute atomic E-state index is 11.9. The molecule has 1 amide bonds. The molecule has 0 heterocycles. The SMILES string of the molecule is CNCCC(=O)NC1CCCCC1Cc1ccccc1. The Labute approximate surface area is 122 Å². The van der Waals surface area contributed by atoms with Crippen molar-refractivity contribution in [2.75, 3.05) is 13.6 Å². The van der Waals surface area contributed by atoms with Crippen molar-refractivity contribution in [2.45, 2.75) is 44.6 Å². The lowest BCUT2D eigenvalue weighted by molar-refractivity contribution is -0.122. The third kappa shape index (κ3) is 4.64. The molecule has 0 aliphatic heterocycles. The van der Waals surface area contributed by atoms with Crippen LogP contribution in [-0.2, 0) is 11.2 Å². The van der Waals surface area contributed by atoms with E-state index in [4.69, 9.17) is 0 Å². The summed E-state index contributed by atoms with van der Waals surface area (Å²) in [6, 6.07) is 11.0. The fourth-order valence-electron chi connectivity index (χ4n) is 3.08. The minimum absolute atomic E-state index is 0.185. The highest BCUT2D eigenvalue weighted by Crippen LogP contribution is 2.27. The summed E-state index contributed by atoms with van der Waals surface area (Å²) in [4.78, 5) is 11.9. The van der Waals surface area contributed by atoms with Crippen molar-refractivity contribution < 1.29 is 4.79 Å². The van der Waals surface area contributed by atoms with Gasteiger partial charge in [0.1, 0.15) is 0 Å². The molecule has 1 aromatic carbocycles. The average Bonchev–Trinajstić information content (AvgIpc) is 2.48. The Morgan fingerprint density at radius 2 is 1.95 bits per heavy atom. The molecule has 2 N–H and O–H groups in total. The number of nitrogens with one attached hydrogen (secondary N) is 2. The van der Waals surface area contributed by atoms with Gasteiger partial charge in [0.15, 0.2) is 0 Å². The lowest BCUT2D eigenvalue weighted by Crippen LogP contribution is -2.43. The van der Waals surface area contributed by atoms with E-state index in [0.717, 1.165) is 19.4 Å². The molecule has 1 aliphatic carbocycles. The molecule has 0 saturated heterocycles. The summed E-state index contributed by atoms with van der Waals surface area (Å²) in [6.45, 7) is 0.752. The first kappa shape index (κ1) is 15.0. The van der Waals surface area contributed by atoms with Crippen LogP contribution in [0.15, 0.2) is 30.3 Å². The number of carbonyl (C=O) groups excluding carboxylic acids is 1. The zero-order chi connectivity index (χ0) is 14.2. The summed E-state index contributed by atoms with van der Waals surface area (Å²) in [5.74, 6) is 0.772. The molecule has 2 rings (SSSR count). The maximum Gasteiger partial charge on any atom is 0.221 e. The second kappa shape index (κ2) is 8.05. The highest BCUT2D eigenvalue weighted by Gasteiger charge is 2.26. The van der Waals surface area contributed by atoms with Crippen molar-refractivity contribution in [3.05, 3.63) is 35.9 Å². The molecule has 1 aliphatic rings. The molecule has 3 heteroatoms. The Bertz CT molecular complexity index is 405. The van der Waals surface area contributed by atoms with E-state index < -0.39 is 0 Å². The molecule has 110 valence electrons. The normalized spacial score (nSPS) is 22.4. The molecule has 3 nitrogen and oxygen atoms in total. The van der Waals surface area contributed by atoms with Crippen LogP contribution in [0.3, 0.4) is 0 Å². The molecule has 2 unspecified atom stereocenters. The van der Waals surface area contributed by atoms with Gasteiger partial charge in [0, 0.05) is 19.0 Å². The fourth-order valence-corrected chi connectivity index (χ4v) is 3.08. The summed E-state index contributed by atoms with van der Waals surface area (Å²) in [6.07, 6.45) is 6.54. The van der Waals surface area contributed by atoms with Gasteiger partial charge in [-0.1, -0.05) is 43.2 Å². The van der Waals surface area contributed by atoms with Crippen LogP contribution in [0, 0.1) is 5.92 Å². The van der Waals surface area contributed by atoms with Gasteiger partial charge in [-0.25, -0.2) is 0 Å². The topological polar surface area (TPSA) is 41.1 Å². The van der Waals surface area contributed by atoms with Crippen LogP contribution in [0.2, 0.25) is 0 Å². The fraction of sp³-hybridized carbons (Fsp3) is 0.588. The minimum atomic E-state index is 0.185. The summed E-state index contributed by atoms with van der Waals surface area (Å²) in [5.41, 5.74) is 1.38. The van der Waals surface area contributed by atoms with Crippen LogP contribution in [0.1, 0.15) is 37.7 Å². The second-order valence-electron chi connectivity index (χ2n) is 5.76. The van der Waals surface area contributed by atoms with Crippen molar-refractivity contribution in [1.29, 1.82) is 0 Å². The molecule has 0 radical (unpaired) electrons. The van der Waals surface area contributed by atoms with E-state index in [2.05, 4.69) is 41.0 Å². The Balaban J connectivity index is 1.90. The molecular weight excluding hydrogens is 248 g/mol. The van der Waals surface area contributed by atoms with E-state index in [0.29, 0.717) is 18.4 Å². The predicted octanol–water partition coefficient (Wildman–Crippen LogP) is 2.51. The molecule has 1 fully saturated rings. The van der Waals surface area contributed by atoms with Gasteiger partial charge in [0.2, 0.25) is 5.91 Å². The molecule has 1 saturated carbocycles. The van der Waals surface area contributed by atoms with Crippen LogP contribution >= 0.6 is 0 Å². The minimum Gasteiger partial charge on any atom is -0.353 e. The molecule has 0 spiro atoms. The maximum atomic E-state index is 11.9. The van der Waals surface area contributed by atoms with Crippen LogP contribution in [-0.4, -0.2) is 25.5 Å². The van der Waals surface area contributed by atoms with E-state index in [9.17, 15) is 4.79 Å². The van der Waals surface area contributed by atoms with Gasteiger partial charge in [0.25, 0.3) is 0 Å². The van der Waals surface area contributed by atoms with Crippen LogP contribution in [0.4, 0.5) is 0 Å². The summed E-state index contributed by atoms with van der Waals surface area (Å²) < 4.78 is 0. The van der Waals surface area contributed by atoms with E-state index in [1.54, 1.807) is 0 Å². The van der Waals surface area contributed by atoms with Crippen molar-refractivity contribution in [1.82, 2.24) is 10.6 Å². The lowest BCUT2D eigenvalue weighted by Gasteiger charge is -2.32. The Kier molecular flexibility index (Phi) is 6.06. The van der Waals surface area contributed by atoms with E-state index in [-0.39, 0.29) is 5.91 Å². The predicted molar refractivity (Wildman–Crippen MR) is 82.6 cm³/mol. The largest absolute Gasteiger partial charge is 0.353 e. The van der Waals surface area contributed by atoms with Gasteiger partial charge < -0.3 is 10.6 Å². The molecular formula is C17H26N2O. The number of benzene rings is 1. The lowest BCUT2D eigenvalue weighted by atomic mass is 9.80. The van der Waals surface area contributed by atoms with Crippen LogP contribution in [0.25, 0.3) is 0 Å². The first-order chi connectivity index (χ1) is 9.79. The molecule has 1 aromatic rings. The van der Waals surface area contributed by atoms with Gasteiger partial charge in [-0.2, -0.15) is 0 Å². The first-order valence-corrected chi connectivity index (χ1v) is 7.77. The van der Waals surface area contributed by atoms with E-state index in [1.807, 2.05) is 7.05 Å². The monoisotopic (exact) mass is 274 g/mol. The van der Waals surface area contributed by atoms with Crippen molar-refractivity contribution >= 4 is 5.91 Å². The van der Waals surface area contributed by atoms with Gasteiger partial charge in [-0.15, -0.1) is 0 Å². The number of carbonyl (C=O) groups is 1. The number of hydrogen-bond acceptors (Lipinski definition) is 2. The Morgan fingerprint density at radius 3 is 2.70 bits per heavy atom. The molecule has 0 aromatic heterocycles. The third-order valence-electron chi connectivity index (χ3n) is 4.20. The van der Waals surface area contributed by atoms with Crippen molar-refractivity contribution in [2.24, 2.45) is 5.92 Å². The van der Waals surface area contributed by atoms with Gasteiger partial charge in [-0.3, -0.25) is 4.79 Å². The van der Waals surface area contributed by atoms with Gasteiger partial charge in [0.05, 0.1) is 0 Å². The molecule has 20 heavy (non-hydrogen) atoms. The average molecular weight is 274 g/mol. The van der Waals surface area contributed by atoms with Gasteiger partial charge in [-0.05, 0) is 37.8 Å². The highest BCUT2D eigenvalue weighted by atomic mass is 16.1. The van der Waals surface area contributed by atoms with Gasteiger partial charge >= 0.3 is 0 Å². The third-order valence-corrected chi connectivity index (χ3v) is 4.20. The Hall–Kier alpha value is -1.35. The van der Waals surface area contributed by atoms with Crippen molar-refractivity contribution in [3.63, 3.8) is 0 Å². The highest BCUT2D eigenvalue weighted by molar-refractivity contribution is 5.76. The zero-order valence-corrected chi connectivity index (χ0v) is 12.4.